The van der Waals surface area contributed by atoms with Gasteiger partial charge in [0.15, 0.2) is 0 Å². The topological polar surface area (TPSA) is 24.1 Å². The number of anilines is 2. The van der Waals surface area contributed by atoms with Crippen LogP contribution in [0.2, 0.25) is 0 Å². The lowest BCUT2D eigenvalue weighted by Gasteiger charge is -2.20. The highest BCUT2D eigenvalue weighted by Gasteiger charge is 2.07. The lowest BCUT2D eigenvalue weighted by molar-refractivity contribution is 1.04. The van der Waals surface area contributed by atoms with Crippen molar-refractivity contribution in [3.63, 3.8) is 0 Å². The van der Waals surface area contributed by atoms with E-state index in [2.05, 4.69) is 59.2 Å². The summed E-state index contributed by atoms with van der Waals surface area (Å²) in [6, 6.07) is 17.2. The summed E-state index contributed by atoms with van der Waals surface area (Å²) in [5.74, 6) is 0. The van der Waals surface area contributed by atoms with Gasteiger partial charge in [0.2, 0.25) is 0 Å². The second-order valence-electron chi connectivity index (χ2n) is 4.40. The third kappa shape index (κ3) is 2.26. The van der Waals surface area contributed by atoms with E-state index in [-0.39, 0.29) is 0 Å². The van der Waals surface area contributed by atoms with Crippen molar-refractivity contribution in [2.24, 2.45) is 0 Å². The van der Waals surface area contributed by atoms with Crippen molar-refractivity contribution in [2.75, 3.05) is 23.7 Å². The first-order valence-corrected chi connectivity index (χ1v) is 6.06. The minimum atomic E-state index is 0.996. The summed E-state index contributed by atoms with van der Waals surface area (Å²) in [7, 11) is 0. The molecule has 0 fully saturated rings. The molecule has 2 N–H and O–H groups in total. The van der Waals surface area contributed by atoms with E-state index in [0.717, 1.165) is 19.5 Å². The van der Waals surface area contributed by atoms with Crippen molar-refractivity contribution in [1.82, 2.24) is 0 Å². The first kappa shape index (κ1) is 10.2. The Morgan fingerprint density at radius 3 is 2.35 bits per heavy atom. The van der Waals surface area contributed by atoms with Crippen LogP contribution >= 0.6 is 0 Å². The molecule has 2 heteroatoms. The molecule has 0 saturated heterocycles. The zero-order valence-corrected chi connectivity index (χ0v) is 9.74. The SMILES string of the molecule is c1ccc(Cc2ccc3c(c2)NCCN3)cc1. The van der Waals surface area contributed by atoms with Gasteiger partial charge in [-0.1, -0.05) is 36.4 Å². The Balaban J connectivity index is 1.84. The average molecular weight is 224 g/mol. The Labute approximate surface area is 102 Å². The summed E-state index contributed by atoms with van der Waals surface area (Å²) in [5, 5.41) is 6.82. The van der Waals surface area contributed by atoms with Crippen LogP contribution in [0.3, 0.4) is 0 Å². The van der Waals surface area contributed by atoms with Crippen LogP contribution in [-0.2, 0) is 6.42 Å². The fourth-order valence-corrected chi connectivity index (χ4v) is 2.23. The largest absolute Gasteiger partial charge is 0.382 e. The number of fused-ring (bicyclic) bond motifs is 1. The molecular weight excluding hydrogens is 208 g/mol. The van der Waals surface area contributed by atoms with Crippen LogP contribution in [-0.4, -0.2) is 13.1 Å². The van der Waals surface area contributed by atoms with Crippen LogP contribution in [0.4, 0.5) is 11.4 Å². The number of benzene rings is 2. The van der Waals surface area contributed by atoms with Gasteiger partial charge in [-0.25, -0.2) is 0 Å². The van der Waals surface area contributed by atoms with E-state index in [4.69, 9.17) is 0 Å². The Hall–Kier alpha value is -1.96. The van der Waals surface area contributed by atoms with E-state index in [0.29, 0.717) is 0 Å². The molecule has 0 amide bonds. The Kier molecular flexibility index (Phi) is 2.70. The van der Waals surface area contributed by atoms with Gasteiger partial charge in [-0.15, -0.1) is 0 Å². The third-order valence-corrected chi connectivity index (χ3v) is 3.09. The zero-order chi connectivity index (χ0) is 11.5. The van der Waals surface area contributed by atoms with Crippen molar-refractivity contribution in [3.05, 3.63) is 59.7 Å². The van der Waals surface area contributed by atoms with Crippen LogP contribution in [0, 0.1) is 0 Å². The second kappa shape index (κ2) is 4.50. The van der Waals surface area contributed by atoms with Crippen molar-refractivity contribution in [1.29, 1.82) is 0 Å². The molecule has 2 nitrogen and oxygen atoms in total. The molecule has 0 atom stereocenters. The molecule has 0 saturated carbocycles. The van der Waals surface area contributed by atoms with E-state index in [1.165, 1.54) is 22.5 Å². The van der Waals surface area contributed by atoms with Gasteiger partial charge >= 0.3 is 0 Å². The molecule has 1 aliphatic rings. The van der Waals surface area contributed by atoms with E-state index < -0.39 is 0 Å². The Morgan fingerprint density at radius 1 is 0.765 bits per heavy atom. The lowest BCUT2D eigenvalue weighted by atomic mass is 10.0. The predicted molar refractivity (Wildman–Crippen MR) is 72.7 cm³/mol. The third-order valence-electron chi connectivity index (χ3n) is 3.09. The maximum absolute atomic E-state index is 3.43. The van der Waals surface area contributed by atoms with Crippen molar-refractivity contribution in [3.8, 4) is 0 Å². The monoisotopic (exact) mass is 224 g/mol. The molecule has 1 aliphatic heterocycles. The summed E-state index contributed by atoms with van der Waals surface area (Å²) < 4.78 is 0. The quantitative estimate of drug-likeness (QED) is 0.819. The van der Waals surface area contributed by atoms with Gasteiger partial charge < -0.3 is 10.6 Å². The average Bonchev–Trinajstić information content (AvgIpc) is 2.40. The molecule has 0 aliphatic carbocycles. The molecule has 2 aromatic rings. The predicted octanol–water partition coefficient (Wildman–Crippen LogP) is 3.11. The van der Waals surface area contributed by atoms with Crippen LogP contribution in [0.1, 0.15) is 11.1 Å². The summed E-state index contributed by atoms with van der Waals surface area (Å²) in [4.78, 5) is 0. The van der Waals surface area contributed by atoms with Crippen molar-refractivity contribution < 1.29 is 0 Å². The summed E-state index contributed by atoms with van der Waals surface area (Å²) in [5.41, 5.74) is 5.15. The van der Waals surface area contributed by atoms with Crippen LogP contribution in [0.15, 0.2) is 48.5 Å². The van der Waals surface area contributed by atoms with E-state index in [1.807, 2.05) is 0 Å². The number of hydrogen-bond acceptors (Lipinski definition) is 2. The smallest absolute Gasteiger partial charge is 0.0579 e. The van der Waals surface area contributed by atoms with Gasteiger partial charge in [0.1, 0.15) is 0 Å². The minimum Gasteiger partial charge on any atom is -0.382 e. The molecule has 1 heterocycles. The number of rotatable bonds is 2. The molecule has 0 bridgehead atoms. The van der Waals surface area contributed by atoms with E-state index >= 15 is 0 Å². The molecule has 17 heavy (non-hydrogen) atoms. The highest BCUT2D eigenvalue weighted by atomic mass is 15.0. The molecule has 86 valence electrons. The number of hydrogen-bond donors (Lipinski definition) is 2. The first-order valence-electron chi connectivity index (χ1n) is 6.06. The number of nitrogens with one attached hydrogen (secondary N) is 2. The Morgan fingerprint density at radius 2 is 1.53 bits per heavy atom. The van der Waals surface area contributed by atoms with Crippen molar-refractivity contribution in [2.45, 2.75) is 6.42 Å². The van der Waals surface area contributed by atoms with Gasteiger partial charge in [0, 0.05) is 13.1 Å². The normalized spacial score (nSPS) is 13.4. The van der Waals surface area contributed by atoms with Gasteiger partial charge in [0.25, 0.3) is 0 Å². The summed E-state index contributed by atoms with van der Waals surface area (Å²) in [6.45, 7) is 2.01. The standard InChI is InChI=1S/C15H16N2/c1-2-4-12(5-3-1)10-13-6-7-14-15(11-13)17-9-8-16-14/h1-7,11,16-17H,8-10H2. The van der Waals surface area contributed by atoms with Crippen LogP contribution in [0.25, 0.3) is 0 Å². The van der Waals surface area contributed by atoms with Gasteiger partial charge in [0.05, 0.1) is 11.4 Å². The summed E-state index contributed by atoms with van der Waals surface area (Å²) in [6.07, 6.45) is 0.996. The molecule has 0 spiro atoms. The second-order valence-corrected chi connectivity index (χ2v) is 4.40. The Bertz CT molecular complexity index is 506. The first-order chi connectivity index (χ1) is 8.42. The maximum Gasteiger partial charge on any atom is 0.0579 e. The van der Waals surface area contributed by atoms with Gasteiger partial charge in [-0.2, -0.15) is 0 Å². The fraction of sp³-hybridized carbons (Fsp3) is 0.200. The van der Waals surface area contributed by atoms with Crippen molar-refractivity contribution >= 4 is 11.4 Å². The highest BCUT2D eigenvalue weighted by molar-refractivity contribution is 5.71. The molecular formula is C15H16N2. The molecule has 0 unspecified atom stereocenters. The highest BCUT2D eigenvalue weighted by Crippen LogP contribution is 2.26. The molecule has 2 aromatic carbocycles. The maximum atomic E-state index is 3.43. The van der Waals surface area contributed by atoms with E-state index in [1.54, 1.807) is 0 Å². The molecule has 0 aromatic heterocycles. The lowest BCUT2D eigenvalue weighted by Crippen LogP contribution is -2.20. The molecule has 3 rings (SSSR count). The van der Waals surface area contributed by atoms with Crippen LogP contribution in [0.5, 0.6) is 0 Å². The molecule has 0 radical (unpaired) electrons. The minimum absolute atomic E-state index is 0.996. The fourth-order valence-electron chi connectivity index (χ4n) is 2.23. The van der Waals surface area contributed by atoms with Gasteiger partial charge in [-0.05, 0) is 29.7 Å². The van der Waals surface area contributed by atoms with E-state index in [9.17, 15) is 0 Å². The van der Waals surface area contributed by atoms with Gasteiger partial charge in [-0.3, -0.25) is 0 Å². The summed E-state index contributed by atoms with van der Waals surface area (Å²) >= 11 is 0. The zero-order valence-electron chi connectivity index (χ0n) is 9.74. The van der Waals surface area contributed by atoms with Crippen LogP contribution < -0.4 is 10.6 Å².